The molecule has 0 spiro atoms. The number of hydrogen-bond donors (Lipinski definition) is 4. The van der Waals surface area contributed by atoms with Crippen molar-refractivity contribution in [3.63, 3.8) is 0 Å². The van der Waals surface area contributed by atoms with Crippen LogP contribution in [0.25, 0.3) is 0 Å². The Morgan fingerprint density at radius 1 is 0.891 bits per heavy atom. The second kappa shape index (κ2) is 12.9. The number of anilines is 2. The fourth-order valence-electron chi connectivity index (χ4n) is 5.89. The molecule has 0 aliphatic heterocycles. The summed E-state index contributed by atoms with van der Waals surface area (Å²) in [5, 5.41) is 33.7. The topological polar surface area (TPSA) is 286 Å². The third kappa shape index (κ3) is 7.06. The van der Waals surface area contributed by atoms with Gasteiger partial charge in [0.1, 0.15) is 20.7 Å². The van der Waals surface area contributed by atoms with Gasteiger partial charge in [0.15, 0.2) is 12.4 Å². The lowest BCUT2D eigenvalue weighted by atomic mass is 9.70. The number of benzene rings is 2. The molecule has 2 aliphatic rings. The summed E-state index contributed by atoms with van der Waals surface area (Å²) in [6, 6.07) is 11.8. The number of fused-ring (bicyclic) bond motifs is 2. The van der Waals surface area contributed by atoms with Gasteiger partial charge in [0.05, 0.1) is 20.4 Å². The van der Waals surface area contributed by atoms with Crippen molar-refractivity contribution < 1.29 is 45.6 Å². The van der Waals surface area contributed by atoms with Crippen LogP contribution in [-0.2, 0) is 20.2 Å². The van der Waals surface area contributed by atoms with Crippen LogP contribution in [0.2, 0.25) is 0 Å². The maximum absolute atomic E-state index is 10.7. The van der Waals surface area contributed by atoms with Crippen molar-refractivity contribution >= 4 is 48.7 Å². The molecule has 3 atom stereocenters. The minimum atomic E-state index is -4.77. The van der Waals surface area contributed by atoms with Crippen LogP contribution in [0.5, 0.6) is 0 Å². The van der Waals surface area contributed by atoms with Crippen molar-refractivity contribution in [2.75, 3.05) is 11.5 Å². The summed E-state index contributed by atoms with van der Waals surface area (Å²) in [6.07, 6.45) is 6.51. The molecule has 19 heteroatoms. The second-order valence-electron chi connectivity index (χ2n) is 11.3. The van der Waals surface area contributed by atoms with Gasteiger partial charge in [0.2, 0.25) is 6.04 Å². The fraction of sp³-hybridized carbons (Fsp3) is 0.333. The maximum Gasteiger partial charge on any atom is 0.296 e. The van der Waals surface area contributed by atoms with Crippen LogP contribution in [0, 0.1) is 37.0 Å². The van der Waals surface area contributed by atoms with Crippen molar-refractivity contribution in [2.45, 2.75) is 49.4 Å². The number of nitrogens with zero attached hydrogens (tertiary/aromatic N) is 4. The van der Waals surface area contributed by atoms with Crippen molar-refractivity contribution in [1.29, 1.82) is 0 Å². The van der Waals surface area contributed by atoms with Gasteiger partial charge >= 0.3 is 0 Å². The Kier molecular flexibility index (Phi) is 10.1. The number of nitrogens with two attached hydrogens (primary N) is 2. The zero-order valence-electron chi connectivity index (χ0n) is 24.7. The van der Waals surface area contributed by atoms with Gasteiger partial charge in [-0.3, -0.25) is 24.8 Å². The van der Waals surface area contributed by atoms with E-state index in [1.165, 1.54) is 6.42 Å². The lowest BCUT2D eigenvalue weighted by molar-refractivity contribution is -0.713. The molecule has 0 radical (unpaired) electrons. The molecule has 2 aliphatic carbocycles. The number of rotatable bonds is 5. The average Bonchev–Trinajstić information content (AvgIpc) is 3.29. The maximum atomic E-state index is 10.7. The summed E-state index contributed by atoms with van der Waals surface area (Å²) in [5.74, 6) is 0.556. The van der Waals surface area contributed by atoms with Gasteiger partial charge in [-0.2, -0.15) is 13.0 Å². The Balaban J connectivity index is 0.000000191. The molecule has 0 amide bonds. The number of non-ortho nitro benzene ring substituents is 2. The van der Waals surface area contributed by atoms with Crippen LogP contribution in [0.3, 0.4) is 0 Å². The highest BCUT2D eigenvalue weighted by Crippen LogP contribution is 2.66. The number of pyridine rings is 1. The molecule has 2 aromatic carbocycles. The summed E-state index contributed by atoms with van der Waals surface area (Å²) in [6.45, 7) is 6.89. The molecule has 0 saturated heterocycles. The van der Waals surface area contributed by atoms with E-state index < -0.39 is 51.2 Å². The van der Waals surface area contributed by atoms with E-state index in [4.69, 9.17) is 16.0 Å². The van der Waals surface area contributed by atoms with Crippen molar-refractivity contribution in [3.8, 4) is 0 Å². The van der Waals surface area contributed by atoms with Crippen LogP contribution in [0.15, 0.2) is 81.9 Å². The van der Waals surface area contributed by atoms with Gasteiger partial charge < -0.3 is 21.2 Å². The van der Waals surface area contributed by atoms with Crippen molar-refractivity contribution in [2.24, 2.45) is 21.9 Å². The number of nitro groups is 2. The Hall–Kier alpha value is -4.72. The van der Waals surface area contributed by atoms with Gasteiger partial charge in [-0.05, 0) is 30.4 Å². The highest BCUT2D eigenvalue weighted by molar-refractivity contribution is 7.86. The SMILES string of the molecule is CC12CCC(C([n+]3ccccc3)/C1=N\O)C2(C)C.Nc1ccc([N+](=O)[O-])cc1S(=O)(=O)O.Nc1ccc([N+](=O)[O-])cc1S(=O)(=O)[O-]. The Bertz CT molecular complexity index is 1810. The first-order chi connectivity index (χ1) is 21.2. The van der Waals surface area contributed by atoms with Gasteiger partial charge in [0, 0.05) is 53.4 Å². The van der Waals surface area contributed by atoms with Crippen LogP contribution in [0.4, 0.5) is 22.7 Å². The summed E-state index contributed by atoms with van der Waals surface area (Å²) in [4.78, 5) is 17.5. The first kappa shape index (κ1) is 35.8. The van der Waals surface area contributed by atoms with E-state index in [2.05, 4.69) is 42.9 Å². The van der Waals surface area contributed by atoms with Crippen molar-refractivity contribution in [3.05, 3.63) is 87.2 Å². The third-order valence-electron chi connectivity index (χ3n) is 8.66. The summed E-state index contributed by atoms with van der Waals surface area (Å²) < 4.78 is 63.9. The molecule has 2 fully saturated rings. The minimum Gasteiger partial charge on any atom is -0.744 e. The molecule has 1 aromatic heterocycles. The van der Waals surface area contributed by atoms with E-state index in [0.29, 0.717) is 18.1 Å². The van der Waals surface area contributed by atoms with Crippen LogP contribution >= 0.6 is 0 Å². The molecule has 5 rings (SSSR count). The number of aromatic nitrogens is 1. The molecule has 2 bridgehead atoms. The fourth-order valence-corrected chi connectivity index (χ4v) is 7.15. The van der Waals surface area contributed by atoms with Gasteiger partial charge in [0.25, 0.3) is 21.5 Å². The van der Waals surface area contributed by atoms with Gasteiger partial charge in [-0.1, -0.05) is 32.0 Å². The lowest BCUT2D eigenvalue weighted by Gasteiger charge is -2.32. The predicted octanol–water partition coefficient (Wildman–Crippen LogP) is 3.31. The van der Waals surface area contributed by atoms with E-state index >= 15 is 0 Å². The van der Waals surface area contributed by atoms with Crippen LogP contribution in [-0.4, -0.2) is 46.7 Å². The molecular weight excluding hydrogens is 648 g/mol. The highest BCUT2D eigenvalue weighted by Gasteiger charge is 2.68. The normalized spacial score (nSPS) is 22.2. The monoisotopic (exact) mass is 680 g/mol. The first-order valence-corrected chi connectivity index (χ1v) is 16.2. The Morgan fingerprint density at radius 2 is 1.37 bits per heavy atom. The number of hydrogen-bond acceptors (Lipinski definition) is 13. The van der Waals surface area contributed by atoms with E-state index in [-0.39, 0.29) is 28.2 Å². The van der Waals surface area contributed by atoms with E-state index in [1.54, 1.807) is 0 Å². The lowest BCUT2D eigenvalue weighted by Crippen LogP contribution is -2.47. The van der Waals surface area contributed by atoms with Gasteiger partial charge in [-0.15, -0.1) is 0 Å². The van der Waals surface area contributed by atoms with Gasteiger partial charge in [-0.25, -0.2) is 8.42 Å². The number of nitro benzene ring substituents is 2. The predicted molar refractivity (Wildman–Crippen MR) is 162 cm³/mol. The molecule has 2 saturated carbocycles. The molecule has 17 nitrogen and oxygen atoms in total. The number of nitrogen functional groups attached to an aromatic ring is 2. The van der Waals surface area contributed by atoms with E-state index in [9.17, 15) is 46.8 Å². The number of oxime groups is 1. The summed E-state index contributed by atoms with van der Waals surface area (Å²) >= 11 is 0. The Morgan fingerprint density at radius 3 is 1.80 bits per heavy atom. The van der Waals surface area contributed by atoms with Crippen LogP contribution < -0.4 is 16.0 Å². The second-order valence-corrected chi connectivity index (χ2v) is 14.1. The third-order valence-corrected chi connectivity index (χ3v) is 10.5. The van der Waals surface area contributed by atoms with E-state index in [0.717, 1.165) is 36.4 Å². The van der Waals surface area contributed by atoms with E-state index in [1.807, 2.05) is 18.2 Å². The largest absolute Gasteiger partial charge is 0.744 e. The highest BCUT2D eigenvalue weighted by atomic mass is 32.2. The standard InChI is InChI=1S/C15H20N2O.2C6H6N2O5S/c1-14(2)11-7-8-15(14,3)13(16-18)12(11)17-9-5-4-6-10-17;2*7-5-2-1-4(8(9)10)3-6(5)14(11,12)13/h4-6,9-12H,7-8H2,1-3H3;2*1-3H,7H2,(H,11,12,13)/b16-13+;;. The molecule has 248 valence electrons. The molecule has 1 heterocycles. The summed E-state index contributed by atoms with van der Waals surface area (Å²) in [7, 11) is -9.29. The minimum absolute atomic E-state index is 0.0277. The molecule has 3 aromatic rings. The molecular formula is C27H32N6O11S2. The first-order valence-electron chi connectivity index (χ1n) is 13.4. The quantitative estimate of drug-likeness (QED) is 0.0752. The molecule has 46 heavy (non-hydrogen) atoms. The zero-order chi connectivity index (χ0) is 34.8. The summed E-state index contributed by atoms with van der Waals surface area (Å²) in [5.41, 5.74) is 10.1. The molecule has 6 N–H and O–H groups in total. The Labute approximate surface area is 264 Å². The smallest absolute Gasteiger partial charge is 0.296 e. The average molecular weight is 681 g/mol. The zero-order valence-corrected chi connectivity index (χ0v) is 26.4. The molecule has 3 unspecified atom stereocenters. The van der Waals surface area contributed by atoms with Crippen molar-refractivity contribution in [1.82, 2.24) is 0 Å². The van der Waals surface area contributed by atoms with Crippen LogP contribution in [0.1, 0.15) is 39.7 Å².